The maximum absolute atomic E-state index is 12.8. The number of benzene rings is 1. The molecule has 0 aliphatic carbocycles. The monoisotopic (exact) mass is 314 g/mol. The Morgan fingerprint density at radius 3 is 2.65 bits per heavy atom. The van der Waals surface area contributed by atoms with Crippen LogP contribution in [0.3, 0.4) is 0 Å². The second kappa shape index (κ2) is 6.24. The number of hydrogen-bond acceptors (Lipinski definition) is 4. The molecule has 1 aromatic carbocycles. The van der Waals surface area contributed by atoms with Gasteiger partial charge < -0.3 is 14.7 Å². The molecule has 6 nitrogen and oxygen atoms in total. The molecular formula is C17H18N2O4. The van der Waals surface area contributed by atoms with Crippen molar-refractivity contribution < 1.29 is 19.4 Å². The number of methoxy groups -OCH3 is 1. The molecule has 1 aromatic heterocycles. The molecule has 23 heavy (non-hydrogen) atoms. The molecule has 1 aliphatic heterocycles. The minimum atomic E-state index is -0.781. The van der Waals surface area contributed by atoms with Crippen molar-refractivity contribution >= 4 is 22.8 Å². The lowest BCUT2D eigenvalue weighted by Gasteiger charge is -2.30. The minimum Gasteiger partial charge on any atom is -0.494 e. The molecular weight excluding hydrogens is 296 g/mol. The number of carbonyl (C=O) groups is 2. The maximum Gasteiger partial charge on any atom is 0.306 e. The predicted octanol–water partition coefficient (Wildman–Crippen LogP) is 2.18. The number of carboxylic acids is 1. The van der Waals surface area contributed by atoms with E-state index in [2.05, 4.69) is 4.98 Å². The summed E-state index contributed by atoms with van der Waals surface area (Å²) in [4.78, 5) is 29.8. The van der Waals surface area contributed by atoms with E-state index in [0.29, 0.717) is 42.8 Å². The number of aromatic nitrogens is 1. The van der Waals surface area contributed by atoms with E-state index in [4.69, 9.17) is 9.84 Å². The fourth-order valence-corrected chi connectivity index (χ4v) is 3.00. The molecule has 0 spiro atoms. The molecule has 2 aromatic rings. The minimum absolute atomic E-state index is 0.0884. The molecule has 1 amide bonds. The highest BCUT2D eigenvalue weighted by Gasteiger charge is 2.28. The molecule has 3 rings (SSSR count). The average molecular weight is 314 g/mol. The van der Waals surface area contributed by atoms with Gasteiger partial charge in [0.2, 0.25) is 0 Å². The van der Waals surface area contributed by atoms with Crippen LogP contribution in [-0.2, 0) is 4.79 Å². The van der Waals surface area contributed by atoms with Crippen LogP contribution in [0.4, 0.5) is 0 Å². The van der Waals surface area contributed by atoms with E-state index in [1.807, 2.05) is 6.07 Å². The van der Waals surface area contributed by atoms with Crippen LogP contribution in [-0.4, -0.2) is 47.1 Å². The normalized spacial score (nSPS) is 15.6. The molecule has 0 saturated carbocycles. The first kappa shape index (κ1) is 15.3. The highest BCUT2D eigenvalue weighted by Crippen LogP contribution is 2.28. The standard InChI is InChI=1S/C17H18N2O4/c1-23-14-5-4-13(12-3-2-8-18-15(12)14)16(20)19-9-6-11(7-10-19)17(21)22/h2-5,8,11H,6-7,9-10H2,1H3,(H,21,22). The molecule has 0 radical (unpaired) electrons. The number of carboxylic acid groups (broad SMARTS) is 1. The Labute approximate surface area is 133 Å². The predicted molar refractivity (Wildman–Crippen MR) is 84.6 cm³/mol. The third-order valence-corrected chi connectivity index (χ3v) is 4.31. The van der Waals surface area contributed by atoms with Gasteiger partial charge in [0.25, 0.3) is 5.91 Å². The molecule has 1 saturated heterocycles. The topological polar surface area (TPSA) is 79.7 Å². The number of pyridine rings is 1. The van der Waals surface area contributed by atoms with Gasteiger partial charge in [-0.15, -0.1) is 0 Å². The first-order valence-corrected chi connectivity index (χ1v) is 7.55. The van der Waals surface area contributed by atoms with Gasteiger partial charge in [-0.3, -0.25) is 14.6 Å². The second-order valence-corrected chi connectivity index (χ2v) is 5.62. The van der Waals surface area contributed by atoms with Crippen molar-refractivity contribution in [1.82, 2.24) is 9.88 Å². The molecule has 0 atom stereocenters. The summed E-state index contributed by atoms with van der Waals surface area (Å²) in [6.07, 6.45) is 2.65. The van der Waals surface area contributed by atoms with Crippen molar-refractivity contribution in [3.8, 4) is 5.75 Å². The Kier molecular flexibility index (Phi) is 4.14. The number of ether oxygens (including phenoxy) is 1. The van der Waals surface area contributed by atoms with Gasteiger partial charge in [-0.1, -0.05) is 6.07 Å². The van der Waals surface area contributed by atoms with E-state index in [1.165, 1.54) is 0 Å². The lowest BCUT2D eigenvalue weighted by atomic mass is 9.96. The van der Waals surface area contributed by atoms with Crippen LogP contribution in [0.5, 0.6) is 5.75 Å². The average Bonchev–Trinajstić information content (AvgIpc) is 2.60. The van der Waals surface area contributed by atoms with E-state index in [1.54, 1.807) is 36.4 Å². The van der Waals surface area contributed by atoms with Crippen LogP contribution < -0.4 is 4.74 Å². The zero-order valence-electron chi connectivity index (χ0n) is 12.9. The quantitative estimate of drug-likeness (QED) is 0.939. The van der Waals surface area contributed by atoms with Gasteiger partial charge in [-0.25, -0.2) is 0 Å². The summed E-state index contributed by atoms with van der Waals surface area (Å²) in [5.41, 5.74) is 1.23. The number of hydrogen-bond donors (Lipinski definition) is 1. The second-order valence-electron chi connectivity index (χ2n) is 5.62. The summed E-state index contributed by atoms with van der Waals surface area (Å²) in [6.45, 7) is 0.924. The van der Waals surface area contributed by atoms with Gasteiger partial charge in [0.05, 0.1) is 13.0 Å². The Hall–Kier alpha value is -2.63. The van der Waals surface area contributed by atoms with Crippen molar-refractivity contribution in [2.45, 2.75) is 12.8 Å². The van der Waals surface area contributed by atoms with Gasteiger partial charge in [-0.05, 0) is 31.0 Å². The Morgan fingerprint density at radius 1 is 1.26 bits per heavy atom. The van der Waals surface area contributed by atoms with Gasteiger partial charge in [0.1, 0.15) is 11.3 Å². The van der Waals surface area contributed by atoms with Crippen LogP contribution in [0.2, 0.25) is 0 Å². The van der Waals surface area contributed by atoms with Crippen LogP contribution in [0, 0.1) is 5.92 Å². The molecule has 1 aliphatic rings. The molecule has 0 unspecified atom stereocenters. The summed E-state index contributed by atoms with van der Waals surface area (Å²) in [7, 11) is 1.57. The smallest absolute Gasteiger partial charge is 0.306 e. The zero-order valence-corrected chi connectivity index (χ0v) is 12.9. The fourth-order valence-electron chi connectivity index (χ4n) is 3.00. The van der Waals surface area contributed by atoms with Crippen molar-refractivity contribution in [2.75, 3.05) is 20.2 Å². The van der Waals surface area contributed by atoms with Crippen LogP contribution in [0.1, 0.15) is 23.2 Å². The summed E-state index contributed by atoms with van der Waals surface area (Å²) < 4.78 is 5.30. The highest BCUT2D eigenvalue weighted by atomic mass is 16.5. The number of carbonyl (C=O) groups excluding carboxylic acids is 1. The van der Waals surface area contributed by atoms with E-state index in [9.17, 15) is 9.59 Å². The number of likely N-dealkylation sites (tertiary alicyclic amines) is 1. The molecule has 1 fully saturated rings. The van der Waals surface area contributed by atoms with Gasteiger partial charge >= 0.3 is 5.97 Å². The van der Waals surface area contributed by atoms with Crippen LogP contribution in [0.15, 0.2) is 30.5 Å². The summed E-state index contributed by atoms with van der Waals surface area (Å²) in [5, 5.41) is 9.80. The Bertz CT molecular complexity index is 751. The van der Waals surface area contributed by atoms with Crippen molar-refractivity contribution in [2.24, 2.45) is 5.92 Å². The summed E-state index contributed by atoms with van der Waals surface area (Å²) in [6, 6.07) is 7.12. The Balaban J connectivity index is 1.89. The largest absolute Gasteiger partial charge is 0.494 e. The SMILES string of the molecule is COc1ccc(C(=O)N2CCC(C(=O)O)CC2)c2cccnc12. The number of nitrogens with zero attached hydrogens (tertiary/aromatic N) is 2. The van der Waals surface area contributed by atoms with E-state index in [0.717, 1.165) is 5.39 Å². The van der Waals surface area contributed by atoms with Crippen LogP contribution >= 0.6 is 0 Å². The highest BCUT2D eigenvalue weighted by molar-refractivity contribution is 6.07. The summed E-state index contributed by atoms with van der Waals surface area (Å²) in [5.74, 6) is -0.597. The van der Waals surface area contributed by atoms with E-state index in [-0.39, 0.29) is 11.8 Å². The van der Waals surface area contributed by atoms with Crippen molar-refractivity contribution in [1.29, 1.82) is 0 Å². The van der Waals surface area contributed by atoms with E-state index >= 15 is 0 Å². The van der Waals surface area contributed by atoms with Crippen molar-refractivity contribution in [3.63, 3.8) is 0 Å². The number of rotatable bonds is 3. The third kappa shape index (κ3) is 2.84. The lowest BCUT2D eigenvalue weighted by Crippen LogP contribution is -2.40. The fraction of sp³-hybridized carbons (Fsp3) is 0.353. The number of amides is 1. The van der Waals surface area contributed by atoms with Gasteiger partial charge in [0.15, 0.2) is 0 Å². The first-order valence-electron chi connectivity index (χ1n) is 7.55. The Morgan fingerprint density at radius 2 is 2.00 bits per heavy atom. The lowest BCUT2D eigenvalue weighted by molar-refractivity contribution is -0.143. The summed E-state index contributed by atoms with van der Waals surface area (Å²) >= 11 is 0. The van der Waals surface area contributed by atoms with Gasteiger partial charge in [0, 0.05) is 30.2 Å². The first-order chi connectivity index (χ1) is 11.1. The molecule has 2 heterocycles. The molecule has 1 N–H and O–H groups in total. The molecule has 6 heteroatoms. The van der Waals surface area contributed by atoms with E-state index < -0.39 is 5.97 Å². The van der Waals surface area contributed by atoms with Crippen LogP contribution in [0.25, 0.3) is 10.9 Å². The molecule has 0 bridgehead atoms. The number of fused-ring (bicyclic) bond motifs is 1. The zero-order chi connectivity index (χ0) is 16.4. The van der Waals surface area contributed by atoms with Gasteiger partial charge in [-0.2, -0.15) is 0 Å². The maximum atomic E-state index is 12.8. The van der Waals surface area contributed by atoms with Crippen molar-refractivity contribution in [3.05, 3.63) is 36.0 Å². The molecule has 120 valence electrons. The number of aliphatic carboxylic acids is 1. The third-order valence-electron chi connectivity index (χ3n) is 4.31. The number of piperidine rings is 1.